The molecule has 3 aromatic heterocycles. The zero-order valence-corrected chi connectivity index (χ0v) is 46.8. The number of carbonyl (C=O) groups is 4. The Morgan fingerprint density at radius 3 is 1.34 bits per heavy atom. The highest BCUT2D eigenvalue weighted by Gasteiger charge is 2.35. The van der Waals surface area contributed by atoms with Crippen LogP contribution in [0.15, 0.2) is 91.0 Å². The third-order valence-corrected chi connectivity index (χ3v) is 15.0. The van der Waals surface area contributed by atoms with Gasteiger partial charge < -0.3 is 58.0 Å². The van der Waals surface area contributed by atoms with E-state index in [9.17, 15) is 19.2 Å². The zero-order chi connectivity index (χ0) is 58.6. The molecule has 3 N–H and O–H groups in total. The van der Waals surface area contributed by atoms with E-state index in [0.29, 0.717) is 112 Å². The van der Waals surface area contributed by atoms with Gasteiger partial charge >= 0.3 is 12.1 Å². The van der Waals surface area contributed by atoms with Crippen molar-refractivity contribution in [3.05, 3.63) is 91.0 Å². The minimum Gasteiger partial charge on any atom is -0.495 e. The van der Waals surface area contributed by atoms with Crippen molar-refractivity contribution < 1.29 is 61.9 Å². The molecule has 8 bridgehead atoms. The molecule has 3 amide bonds. The van der Waals surface area contributed by atoms with E-state index >= 15 is 0 Å². The maximum Gasteiger partial charge on any atom is 0.407 e. The van der Waals surface area contributed by atoms with Gasteiger partial charge in [-0.3, -0.25) is 9.59 Å². The first kappa shape index (κ1) is 53.5. The van der Waals surface area contributed by atoms with E-state index in [1.165, 1.54) is 0 Å². The molecule has 10 aromatic rings. The maximum atomic E-state index is 12.7. The lowest BCUT2D eigenvalue weighted by Gasteiger charge is -2.15. The summed E-state index contributed by atoms with van der Waals surface area (Å²) in [6.45, 7) is 0.151. The highest BCUT2D eigenvalue weighted by Crippen LogP contribution is 2.54. The molecule has 7 aromatic carbocycles. The topological polar surface area (TPSA) is 276 Å². The average molecular weight is 1150 g/mol. The van der Waals surface area contributed by atoms with Crippen LogP contribution in [0, 0.1) is 0 Å². The van der Waals surface area contributed by atoms with Gasteiger partial charge in [-0.1, -0.05) is 84.9 Å². The predicted octanol–water partition coefficient (Wildman–Crippen LogP) is 10.3. The van der Waals surface area contributed by atoms with Gasteiger partial charge in [0.15, 0.2) is 23.3 Å². The average Bonchev–Trinajstić information content (AvgIpc) is 2.26. The van der Waals surface area contributed by atoms with Gasteiger partial charge in [0, 0.05) is 70.1 Å². The summed E-state index contributed by atoms with van der Waals surface area (Å²) in [5.74, 6) is 2.37. The van der Waals surface area contributed by atoms with Crippen molar-refractivity contribution in [1.29, 1.82) is 0 Å². The number of nitrogens with zero attached hydrogens (tertiary/aromatic N) is 7. The molecular weight excluding hydrogens is 1090 g/mol. The van der Waals surface area contributed by atoms with Gasteiger partial charge in [0.25, 0.3) is 11.8 Å². The van der Waals surface area contributed by atoms with Crippen molar-refractivity contribution in [2.45, 2.75) is 32.1 Å². The number of nitrogens with one attached hydrogen (secondary N) is 3. The van der Waals surface area contributed by atoms with Crippen LogP contribution in [0.2, 0.25) is 0 Å². The summed E-state index contributed by atoms with van der Waals surface area (Å²) < 4.78 is 49.9. The lowest BCUT2D eigenvalue weighted by Crippen LogP contribution is -2.32. The maximum absolute atomic E-state index is 12.7. The van der Waals surface area contributed by atoms with Gasteiger partial charge in [0.2, 0.25) is 0 Å². The summed E-state index contributed by atoms with van der Waals surface area (Å²) in [4.78, 5) is 92.6. The molecule has 0 aliphatic carbocycles. The Morgan fingerprint density at radius 1 is 0.482 bits per heavy atom. The lowest BCUT2D eigenvalue weighted by molar-refractivity contribution is -0.197. The van der Waals surface area contributed by atoms with E-state index in [1.807, 2.05) is 84.9 Å². The summed E-state index contributed by atoms with van der Waals surface area (Å²) in [6, 6.07) is 28.7. The second kappa shape index (κ2) is 21.8. The van der Waals surface area contributed by atoms with Crippen LogP contribution in [0.5, 0.6) is 40.2 Å². The number of hydrogen-bond acceptors (Lipinski definition) is 19. The highest BCUT2D eigenvalue weighted by atomic mass is 16.7. The number of ether oxygens (including phenoxy) is 8. The standard InChI is InChI=1S/C62H52N10O13/c1-77-48-30-16-7-8-17-31(30)49(78-2)43-42(48)56-65-54-36-22-13-23-37(83-28-15-29-84-62(76)63-27-14-24-40(75)85-72-38(73)25-26-39(72)74)41(36)55(64-54)66-57-44-45(51(80-4)33-19-10-9-18-32(33)50(44)79-3)59(68-57)70-61-47-46(60(71-61)69-58(43)67-56)52(81-5)34-20-11-12-21-35(34)53(47)82-6/h7-13,16-23H,14-15,24-29H2,1-6H3,(H,63,76)(H2,64,65,66,67,68,69,70,71). The number of hydroxylamine groups is 2. The fourth-order valence-corrected chi connectivity index (χ4v) is 11.5. The van der Waals surface area contributed by atoms with Gasteiger partial charge in [0.05, 0.1) is 94.1 Å². The molecule has 1 saturated heterocycles. The Morgan fingerprint density at radius 2 is 0.894 bits per heavy atom. The molecule has 23 nitrogen and oxygen atoms in total. The Labute approximate surface area is 482 Å². The summed E-state index contributed by atoms with van der Waals surface area (Å²) in [6.07, 6.45) is -0.419. The SMILES string of the molecule is COc1c2c(c(OC)c3ccccc13)-c1nc-2nc2[nH]c(nc3nc(nc4[nH]c(n1)c1c(OC)c5ccccc5c(OC)c41)-c1c(OCCCOC(=O)NCCCC(=O)ON4C(=O)CCC4=O)cccc1-3)c1c(OC)c3ccccc3c(OC)c21. The monoisotopic (exact) mass is 1140 g/mol. The quantitative estimate of drug-likeness (QED) is 0.0599. The van der Waals surface area contributed by atoms with E-state index in [1.54, 1.807) is 48.7 Å². The van der Waals surface area contributed by atoms with Gasteiger partial charge in [-0.15, -0.1) is 5.06 Å². The third kappa shape index (κ3) is 8.89. The molecule has 428 valence electrons. The van der Waals surface area contributed by atoms with Crippen LogP contribution in [-0.4, -0.2) is 131 Å². The number of alkyl carbamates (subject to hydrolysis) is 1. The second-order valence-electron chi connectivity index (χ2n) is 19.8. The Balaban J connectivity index is 0.995. The Kier molecular flexibility index (Phi) is 13.7. The van der Waals surface area contributed by atoms with E-state index < -0.39 is 23.9 Å². The van der Waals surface area contributed by atoms with Crippen LogP contribution >= 0.6 is 0 Å². The van der Waals surface area contributed by atoms with Crippen molar-refractivity contribution in [3.8, 4) is 85.8 Å². The summed E-state index contributed by atoms with van der Waals surface area (Å²) >= 11 is 0. The Bertz CT molecular complexity index is 4640. The molecular formula is C62H52N10O13. The summed E-state index contributed by atoms with van der Waals surface area (Å²) in [5.41, 5.74) is 3.36. The zero-order valence-electron chi connectivity index (χ0n) is 46.8. The van der Waals surface area contributed by atoms with E-state index in [0.717, 1.165) is 32.3 Å². The molecule has 1 fully saturated rings. The number of H-pyrrole nitrogens is 2. The van der Waals surface area contributed by atoms with Gasteiger partial charge in [-0.2, -0.15) is 0 Å². The molecule has 0 radical (unpaired) electrons. The highest BCUT2D eigenvalue weighted by molar-refractivity contribution is 6.22. The molecule has 3 aliphatic heterocycles. The van der Waals surface area contributed by atoms with Crippen molar-refractivity contribution in [3.63, 3.8) is 0 Å². The molecule has 0 saturated carbocycles. The van der Waals surface area contributed by atoms with E-state index in [2.05, 4.69) is 15.3 Å². The molecule has 0 unspecified atom stereocenters. The smallest absolute Gasteiger partial charge is 0.407 e. The number of imide groups is 1. The molecule has 13 rings (SSSR count). The summed E-state index contributed by atoms with van der Waals surface area (Å²) in [5, 5.41) is 9.74. The first-order chi connectivity index (χ1) is 41.6. The van der Waals surface area contributed by atoms with Crippen LogP contribution in [-0.2, 0) is 24.0 Å². The first-order valence-electron chi connectivity index (χ1n) is 27.1. The molecule has 3 aliphatic rings. The molecule has 6 heterocycles. The van der Waals surface area contributed by atoms with Gasteiger partial charge in [-0.25, -0.2) is 39.5 Å². The Hall–Kier alpha value is -10.8. The number of aromatic nitrogens is 8. The minimum absolute atomic E-state index is 0.0110. The van der Waals surface area contributed by atoms with Crippen LogP contribution in [0.1, 0.15) is 32.1 Å². The van der Waals surface area contributed by atoms with Crippen molar-refractivity contribution in [1.82, 2.24) is 50.3 Å². The number of methoxy groups -OCH3 is 6. The number of carbonyl (C=O) groups excluding carboxylic acids is 4. The number of aromatic amines is 2. The summed E-state index contributed by atoms with van der Waals surface area (Å²) in [7, 11) is 9.60. The van der Waals surface area contributed by atoms with Crippen LogP contribution < -0.4 is 38.5 Å². The lowest BCUT2D eigenvalue weighted by atomic mass is 9.98. The van der Waals surface area contributed by atoms with Crippen LogP contribution in [0.25, 0.3) is 122 Å². The number of fused-ring (bicyclic) bond motifs is 23. The number of rotatable bonds is 16. The normalized spacial score (nSPS) is 12.7. The van der Waals surface area contributed by atoms with E-state index in [-0.39, 0.29) is 75.2 Å². The first-order valence-corrected chi connectivity index (χ1v) is 27.1. The number of hydrogen-bond donors (Lipinski definition) is 3. The van der Waals surface area contributed by atoms with Crippen molar-refractivity contribution in [2.24, 2.45) is 0 Å². The largest absolute Gasteiger partial charge is 0.495 e. The molecule has 0 spiro atoms. The predicted molar refractivity (Wildman–Crippen MR) is 314 cm³/mol. The third-order valence-electron chi connectivity index (χ3n) is 15.0. The molecule has 23 heteroatoms. The van der Waals surface area contributed by atoms with Gasteiger partial charge in [0.1, 0.15) is 62.8 Å². The number of amides is 3. The van der Waals surface area contributed by atoms with Gasteiger partial charge in [-0.05, 0) is 12.5 Å². The molecule has 0 atom stereocenters. The van der Waals surface area contributed by atoms with Crippen molar-refractivity contribution >= 4 is 100 Å². The van der Waals surface area contributed by atoms with Crippen molar-refractivity contribution in [2.75, 3.05) is 62.4 Å². The van der Waals surface area contributed by atoms with Crippen LogP contribution in [0.3, 0.4) is 0 Å². The fourth-order valence-electron chi connectivity index (χ4n) is 11.5. The number of benzene rings is 7. The molecule has 85 heavy (non-hydrogen) atoms. The fraction of sp³-hybridized carbons (Fsp3) is 0.226. The van der Waals surface area contributed by atoms with Crippen LogP contribution in [0.4, 0.5) is 4.79 Å². The second-order valence-corrected chi connectivity index (χ2v) is 19.8. The minimum atomic E-state index is -0.768. The van der Waals surface area contributed by atoms with E-state index in [4.69, 9.17) is 72.6 Å².